The number of aliphatic hydroxyl groups is 1. The van der Waals surface area contributed by atoms with Gasteiger partial charge in [-0.05, 0) is 3.93 Å². The molecule has 0 atom stereocenters. The summed E-state index contributed by atoms with van der Waals surface area (Å²) >= 11 is 1.94. The normalized spacial score (nSPS) is 9.23. The molecule has 0 aromatic heterocycles. The van der Waals surface area contributed by atoms with Crippen molar-refractivity contribution in [1.82, 2.24) is 0 Å². The third-order valence-corrected chi connectivity index (χ3v) is 0.858. The zero-order valence-corrected chi connectivity index (χ0v) is 10.0. The Morgan fingerprint density at radius 1 is 1.54 bits per heavy atom. The van der Waals surface area contributed by atoms with Crippen molar-refractivity contribution in [3.8, 4) is 9.85 Å². The number of aliphatic hydroxyl groups excluding tert-OH is 1. The summed E-state index contributed by atoms with van der Waals surface area (Å²) in [6.07, 6.45) is 0.715. The summed E-state index contributed by atoms with van der Waals surface area (Å²) in [6, 6.07) is 0. The highest BCUT2D eigenvalue weighted by molar-refractivity contribution is 14.1. The lowest BCUT2D eigenvalue weighted by Gasteiger charge is -1.91. The van der Waals surface area contributed by atoms with E-state index in [1.54, 1.807) is 0 Å². The van der Waals surface area contributed by atoms with Crippen molar-refractivity contribution in [1.29, 1.82) is 0 Å². The molecule has 0 saturated heterocycles. The van der Waals surface area contributed by atoms with E-state index in [1.807, 2.05) is 22.6 Å². The average Bonchev–Trinajstić information content (AvgIpc) is 1.95. The average molecular weight is 322 g/mol. The molecule has 13 heavy (non-hydrogen) atoms. The Morgan fingerprint density at radius 3 is 2.31 bits per heavy atom. The minimum Gasteiger partial charge on any atom is -0.394 e. The Balaban J connectivity index is 0. The highest BCUT2D eigenvalue weighted by atomic mass is 127. The zero-order chi connectivity index (χ0) is 10.7. The van der Waals surface area contributed by atoms with Crippen LogP contribution in [0.1, 0.15) is 0 Å². The van der Waals surface area contributed by atoms with Crippen LogP contribution in [0.4, 0.5) is 0 Å². The predicted molar refractivity (Wildman–Crippen MR) is 57.2 cm³/mol. The molecule has 0 bridgehead atoms. The van der Waals surface area contributed by atoms with Crippen LogP contribution >= 0.6 is 22.6 Å². The van der Waals surface area contributed by atoms with Crippen LogP contribution in [0.25, 0.3) is 0 Å². The first-order valence-corrected chi connectivity index (χ1v) is 6.04. The van der Waals surface area contributed by atoms with E-state index in [9.17, 15) is 8.42 Å². The van der Waals surface area contributed by atoms with Gasteiger partial charge in [-0.15, -0.1) is 0 Å². The van der Waals surface area contributed by atoms with Gasteiger partial charge in [0.1, 0.15) is 6.61 Å². The summed E-state index contributed by atoms with van der Waals surface area (Å²) in [7, 11) is -3.67. The summed E-state index contributed by atoms with van der Waals surface area (Å²) in [5.74, 6) is 2.69. The summed E-state index contributed by atoms with van der Waals surface area (Å²) in [5.41, 5.74) is 0. The van der Waals surface area contributed by atoms with E-state index in [-0.39, 0.29) is 6.61 Å². The zero-order valence-electron chi connectivity index (χ0n) is 7.03. The molecule has 0 aromatic rings. The number of hydrogen-bond donors (Lipinski definition) is 2. The van der Waals surface area contributed by atoms with Crippen molar-refractivity contribution in [2.75, 3.05) is 26.1 Å². The molecule has 0 aromatic carbocycles. The quantitative estimate of drug-likeness (QED) is 0.328. The maximum Gasteiger partial charge on any atom is 0.261 e. The molecule has 0 fully saturated rings. The maximum absolute atomic E-state index is 9.19. The Kier molecular flexibility index (Phi) is 12.2. The molecule has 0 rings (SSSR count). The highest BCUT2D eigenvalue weighted by Gasteiger charge is 1.81. The molecule has 7 heteroatoms. The summed E-state index contributed by atoms with van der Waals surface area (Å²) < 4.78 is 33.3. The second kappa shape index (κ2) is 10.2. The van der Waals surface area contributed by atoms with E-state index in [2.05, 4.69) is 9.85 Å². The molecular weight excluding hydrogens is 311 g/mol. The number of rotatable bonds is 3. The molecule has 5 nitrogen and oxygen atoms in total. The van der Waals surface area contributed by atoms with E-state index >= 15 is 0 Å². The van der Waals surface area contributed by atoms with Crippen molar-refractivity contribution in [3.63, 3.8) is 0 Å². The Bertz CT molecular complexity index is 242. The molecule has 0 amide bonds. The Morgan fingerprint density at radius 2 is 2.00 bits per heavy atom. The summed E-state index contributed by atoms with van der Waals surface area (Å²) in [5, 5.41) is 8.19. The van der Waals surface area contributed by atoms with Crippen molar-refractivity contribution < 1.29 is 22.8 Å². The van der Waals surface area contributed by atoms with Crippen LogP contribution in [0.2, 0.25) is 0 Å². The van der Waals surface area contributed by atoms with E-state index in [0.717, 1.165) is 0 Å². The van der Waals surface area contributed by atoms with E-state index in [1.165, 1.54) is 0 Å². The standard InChI is InChI=1S/C5H7IO2.CH4O3S/c6-2-1-4-8-5-3-7;1-5(2,3)4/h7H,3-5H2;1H3,(H,2,3,4). The van der Waals surface area contributed by atoms with Gasteiger partial charge in [0.15, 0.2) is 0 Å². The number of hydrogen-bond acceptors (Lipinski definition) is 4. The van der Waals surface area contributed by atoms with Gasteiger partial charge in [0, 0.05) is 22.6 Å². The predicted octanol–water partition coefficient (Wildman–Crippen LogP) is -0.105. The van der Waals surface area contributed by atoms with Gasteiger partial charge in [-0.1, -0.05) is 5.92 Å². The topological polar surface area (TPSA) is 83.8 Å². The van der Waals surface area contributed by atoms with Crippen LogP contribution in [-0.4, -0.2) is 44.2 Å². The Labute approximate surface area is 91.4 Å². The molecule has 0 heterocycles. The van der Waals surface area contributed by atoms with Gasteiger partial charge in [0.2, 0.25) is 0 Å². The summed E-state index contributed by atoms with van der Waals surface area (Å²) in [4.78, 5) is 0. The third-order valence-electron chi connectivity index (χ3n) is 0.477. The first-order chi connectivity index (χ1) is 5.91. The fourth-order valence-electron chi connectivity index (χ4n) is 0.215. The van der Waals surface area contributed by atoms with Crippen LogP contribution in [0.3, 0.4) is 0 Å². The molecule has 78 valence electrons. The van der Waals surface area contributed by atoms with Gasteiger partial charge >= 0.3 is 0 Å². The SMILES string of the molecule is CS(=O)(=O)O.OCCOCC#CI. The summed E-state index contributed by atoms with van der Waals surface area (Å²) in [6.45, 7) is 0.873. The van der Waals surface area contributed by atoms with E-state index in [4.69, 9.17) is 14.4 Å². The van der Waals surface area contributed by atoms with Gasteiger partial charge in [-0.2, -0.15) is 8.42 Å². The minimum atomic E-state index is -3.67. The smallest absolute Gasteiger partial charge is 0.261 e. The molecular formula is C6H11IO5S. The van der Waals surface area contributed by atoms with Crippen LogP contribution in [0.5, 0.6) is 0 Å². The molecule has 0 spiro atoms. The fourth-order valence-corrected chi connectivity index (χ4v) is 0.371. The Hall–Kier alpha value is 0.120. The van der Waals surface area contributed by atoms with Crippen molar-refractivity contribution in [2.24, 2.45) is 0 Å². The van der Waals surface area contributed by atoms with Crippen LogP contribution in [0, 0.1) is 9.85 Å². The molecule has 0 saturated carbocycles. The monoisotopic (exact) mass is 322 g/mol. The molecule has 0 aliphatic heterocycles. The lowest BCUT2D eigenvalue weighted by Crippen LogP contribution is -1.98. The highest BCUT2D eigenvalue weighted by Crippen LogP contribution is 1.73. The molecule has 0 radical (unpaired) electrons. The molecule has 0 aliphatic carbocycles. The van der Waals surface area contributed by atoms with Gasteiger partial charge in [0.05, 0.1) is 19.5 Å². The lowest BCUT2D eigenvalue weighted by molar-refractivity contribution is 0.115. The lowest BCUT2D eigenvalue weighted by atomic mass is 10.7. The van der Waals surface area contributed by atoms with Crippen molar-refractivity contribution in [2.45, 2.75) is 0 Å². The van der Waals surface area contributed by atoms with E-state index in [0.29, 0.717) is 19.5 Å². The van der Waals surface area contributed by atoms with Crippen LogP contribution < -0.4 is 0 Å². The van der Waals surface area contributed by atoms with Gasteiger partial charge in [-0.25, -0.2) is 0 Å². The van der Waals surface area contributed by atoms with Gasteiger partial charge in [0.25, 0.3) is 10.1 Å². The first kappa shape index (κ1) is 15.6. The van der Waals surface area contributed by atoms with E-state index < -0.39 is 10.1 Å². The molecule has 0 aliphatic rings. The molecule has 0 unspecified atom stereocenters. The number of halogens is 1. The van der Waals surface area contributed by atoms with Crippen LogP contribution in [0.15, 0.2) is 0 Å². The van der Waals surface area contributed by atoms with Crippen LogP contribution in [-0.2, 0) is 14.9 Å². The maximum atomic E-state index is 9.19. The first-order valence-electron chi connectivity index (χ1n) is 3.11. The third kappa shape index (κ3) is 47.4. The second-order valence-corrected chi connectivity index (χ2v) is 3.79. The molecule has 2 N–H and O–H groups in total. The largest absolute Gasteiger partial charge is 0.394 e. The number of ether oxygens (including phenoxy) is 1. The van der Waals surface area contributed by atoms with Gasteiger partial charge in [-0.3, -0.25) is 4.55 Å². The van der Waals surface area contributed by atoms with Crippen molar-refractivity contribution >= 4 is 32.7 Å². The van der Waals surface area contributed by atoms with Gasteiger partial charge < -0.3 is 9.84 Å². The second-order valence-electron chi connectivity index (χ2n) is 1.78. The fraction of sp³-hybridized carbons (Fsp3) is 0.667. The van der Waals surface area contributed by atoms with Crippen molar-refractivity contribution in [3.05, 3.63) is 0 Å². The minimum absolute atomic E-state index is 0.0723.